The monoisotopic (exact) mass is 678 g/mol. The zero-order chi connectivity index (χ0) is 35.5. The van der Waals surface area contributed by atoms with Gasteiger partial charge in [-0.15, -0.1) is 0 Å². The number of rotatable bonds is 12. The van der Waals surface area contributed by atoms with E-state index in [1.807, 2.05) is 54.6 Å². The summed E-state index contributed by atoms with van der Waals surface area (Å²) >= 11 is 0. The minimum atomic E-state index is 0.410. The molecule has 0 aliphatic rings. The Morgan fingerprint density at radius 3 is 0.882 bits per heavy atom. The topological polar surface area (TPSA) is 117 Å². The molecule has 0 spiro atoms. The summed E-state index contributed by atoms with van der Waals surface area (Å²) in [5.74, 6) is 3.94. The van der Waals surface area contributed by atoms with E-state index in [2.05, 4.69) is 93.4 Å². The first-order valence-electron chi connectivity index (χ1n) is 17.8. The van der Waals surface area contributed by atoms with Crippen LogP contribution in [0.4, 0.5) is 0 Å². The molecule has 7 aromatic rings. The second-order valence-electron chi connectivity index (χ2n) is 13.4. The average molecular weight is 679 g/mol. The van der Waals surface area contributed by atoms with E-state index in [1.54, 1.807) is 0 Å². The van der Waals surface area contributed by atoms with Crippen LogP contribution in [0, 0.1) is 0 Å². The zero-order valence-electron chi connectivity index (χ0n) is 29.9. The Hall–Kier alpha value is -5.70. The molecule has 3 atom stereocenters. The third-order valence-electron chi connectivity index (χ3n) is 10.0. The van der Waals surface area contributed by atoms with E-state index < -0.39 is 0 Å². The molecular weight excluding hydrogens is 637 g/mol. The molecule has 3 aromatic heterocycles. The molecule has 0 aliphatic carbocycles. The molecule has 9 nitrogen and oxygen atoms in total. The van der Waals surface area contributed by atoms with Crippen molar-refractivity contribution in [2.75, 3.05) is 0 Å². The second kappa shape index (κ2) is 14.6. The minimum absolute atomic E-state index is 0.410. The van der Waals surface area contributed by atoms with Gasteiger partial charge in [-0.25, -0.2) is 0 Å². The van der Waals surface area contributed by atoms with Crippen LogP contribution in [0.2, 0.25) is 0 Å². The Balaban J connectivity index is 1.25. The number of hydrogen-bond donors (Lipinski definition) is 0. The number of hydrogen-bond acceptors (Lipinski definition) is 9. The smallest absolute Gasteiger partial charge is 0.258 e. The van der Waals surface area contributed by atoms with Crippen molar-refractivity contribution in [3.63, 3.8) is 0 Å². The van der Waals surface area contributed by atoms with Crippen LogP contribution in [0.1, 0.15) is 95.2 Å². The molecule has 7 rings (SSSR count). The SMILES string of the molecule is CCC(C)c1ccc(-c2nc(-c3cc(-c4noc(-c5ccc(C(C)CC)cc5)n4)cc(-c4noc(-c5ccc(C(C)CC)cc5)n4)c3)no2)cc1. The Labute approximate surface area is 298 Å². The van der Waals surface area contributed by atoms with Gasteiger partial charge in [-0.3, -0.25) is 0 Å². The quantitative estimate of drug-likeness (QED) is 0.124. The lowest BCUT2D eigenvalue weighted by Gasteiger charge is -2.08. The van der Waals surface area contributed by atoms with Crippen LogP contribution < -0.4 is 0 Å². The van der Waals surface area contributed by atoms with Gasteiger partial charge in [0.1, 0.15) is 0 Å². The van der Waals surface area contributed by atoms with Crippen molar-refractivity contribution >= 4 is 0 Å². The fraction of sp³-hybridized carbons (Fsp3) is 0.286. The Morgan fingerprint density at radius 1 is 0.392 bits per heavy atom. The van der Waals surface area contributed by atoms with E-state index in [4.69, 9.17) is 28.5 Å². The van der Waals surface area contributed by atoms with Crippen molar-refractivity contribution in [1.29, 1.82) is 0 Å². The van der Waals surface area contributed by atoms with Crippen LogP contribution in [0.15, 0.2) is 105 Å². The van der Waals surface area contributed by atoms with Crippen LogP contribution in [0.5, 0.6) is 0 Å². The summed E-state index contributed by atoms with van der Waals surface area (Å²) in [5, 5.41) is 13.1. The standard InChI is InChI=1S/C42H42N6O3/c1-7-25(4)28-10-16-31(17-11-28)40-43-37(46-49-40)34-22-35(38-44-41(50-47-38)32-18-12-29(13-19-32)26(5)8-2)24-36(23-34)39-45-42(51-48-39)33-20-14-30(15-21-33)27(6)9-3/h10-27H,7-9H2,1-6H3. The minimum Gasteiger partial charge on any atom is -0.334 e. The largest absolute Gasteiger partial charge is 0.334 e. The molecule has 0 radical (unpaired) electrons. The van der Waals surface area contributed by atoms with Gasteiger partial charge >= 0.3 is 0 Å². The first kappa shape index (κ1) is 33.8. The first-order chi connectivity index (χ1) is 24.8. The van der Waals surface area contributed by atoms with E-state index in [0.717, 1.165) is 36.0 Å². The summed E-state index contributed by atoms with van der Waals surface area (Å²) in [4.78, 5) is 14.3. The second-order valence-corrected chi connectivity index (χ2v) is 13.4. The summed E-state index contributed by atoms with van der Waals surface area (Å²) in [5.41, 5.74) is 8.41. The number of benzene rings is 4. The van der Waals surface area contributed by atoms with E-state index in [0.29, 0.717) is 69.6 Å². The molecule has 0 saturated heterocycles. The highest BCUT2D eigenvalue weighted by Crippen LogP contribution is 2.34. The van der Waals surface area contributed by atoms with Gasteiger partial charge in [0.25, 0.3) is 17.7 Å². The summed E-state index contributed by atoms with van der Waals surface area (Å²) in [6.45, 7) is 13.2. The summed E-state index contributed by atoms with van der Waals surface area (Å²) < 4.78 is 17.3. The van der Waals surface area contributed by atoms with Gasteiger partial charge in [-0.05, 0) is 108 Å². The summed E-state index contributed by atoms with van der Waals surface area (Å²) in [6.07, 6.45) is 3.21. The molecule has 0 N–H and O–H groups in total. The highest BCUT2D eigenvalue weighted by atomic mass is 16.5. The molecular formula is C42H42N6O3. The van der Waals surface area contributed by atoms with Crippen molar-refractivity contribution in [2.24, 2.45) is 0 Å². The lowest BCUT2D eigenvalue weighted by molar-refractivity contribution is 0.432. The maximum Gasteiger partial charge on any atom is 0.258 e. The van der Waals surface area contributed by atoms with E-state index >= 15 is 0 Å². The molecule has 0 amide bonds. The molecule has 0 aliphatic heterocycles. The molecule has 3 heterocycles. The fourth-order valence-corrected chi connectivity index (χ4v) is 5.96. The molecule has 0 saturated carbocycles. The van der Waals surface area contributed by atoms with Crippen molar-refractivity contribution in [1.82, 2.24) is 30.4 Å². The molecule has 4 aromatic carbocycles. The van der Waals surface area contributed by atoms with Gasteiger partial charge < -0.3 is 13.6 Å². The molecule has 51 heavy (non-hydrogen) atoms. The molecule has 3 unspecified atom stereocenters. The maximum absolute atomic E-state index is 5.76. The van der Waals surface area contributed by atoms with Crippen molar-refractivity contribution in [3.05, 3.63) is 108 Å². The third kappa shape index (κ3) is 7.15. The Bertz CT molecular complexity index is 1950. The van der Waals surface area contributed by atoms with E-state index in [9.17, 15) is 0 Å². The average Bonchev–Trinajstić information content (AvgIpc) is 3.99. The van der Waals surface area contributed by atoms with E-state index in [1.165, 1.54) is 16.7 Å². The Kier molecular flexibility index (Phi) is 9.70. The predicted octanol–water partition coefficient (Wildman–Crippen LogP) is 11.4. The predicted molar refractivity (Wildman–Crippen MR) is 199 cm³/mol. The number of aromatic nitrogens is 6. The van der Waals surface area contributed by atoms with Crippen LogP contribution >= 0.6 is 0 Å². The molecule has 0 fully saturated rings. The molecule has 258 valence electrons. The van der Waals surface area contributed by atoms with Gasteiger partial charge in [0.15, 0.2) is 0 Å². The van der Waals surface area contributed by atoms with Crippen LogP contribution in [-0.2, 0) is 0 Å². The Morgan fingerprint density at radius 2 is 0.647 bits per heavy atom. The number of nitrogens with zero attached hydrogens (tertiary/aromatic N) is 6. The van der Waals surface area contributed by atoms with Gasteiger partial charge in [-0.2, -0.15) is 15.0 Å². The highest BCUT2D eigenvalue weighted by Gasteiger charge is 2.20. The van der Waals surface area contributed by atoms with Gasteiger partial charge in [-0.1, -0.05) is 93.4 Å². The van der Waals surface area contributed by atoms with E-state index in [-0.39, 0.29) is 0 Å². The lowest BCUT2D eigenvalue weighted by atomic mass is 9.97. The van der Waals surface area contributed by atoms with Crippen LogP contribution in [-0.4, -0.2) is 30.4 Å². The molecule has 9 heteroatoms. The lowest BCUT2D eigenvalue weighted by Crippen LogP contribution is -1.91. The molecule has 0 bridgehead atoms. The maximum atomic E-state index is 5.76. The van der Waals surface area contributed by atoms with Gasteiger partial charge in [0, 0.05) is 33.4 Å². The first-order valence-corrected chi connectivity index (χ1v) is 17.8. The normalized spacial score (nSPS) is 13.3. The third-order valence-corrected chi connectivity index (χ3v) is 10.0. The summed E-state index contributed by atoms with van der Waals surface area (Å²) in [7, 11) is 0. The zero-order valence-corrected chi connectivity index (χ0v) is 29.9. The van der Waals surface area contributed by atoms with Crippen molar-refractivity contribution < 1.29 is 13.6 Å². The van der Waals surface area contributed by atoms with Crippen LogP contribution in [0.3, 0.4) is 0 Å². The van der Waals surface area contributed by atoms with Crippen molar-refractivity contribution in [2.45, 2.75) is 78.6 Å². The highest BCUT2D eigenvalue weighted by molar-refractivity contribution is 5.76. The van der Waals surface area contributed by atoms with Crippen LogP contribution in [0.25, 0.3) is 68.5 Å². The summed E-state index contributed by atoms with van der Waals surface area (Å²) in [6, 6.07) is 30.6. The van der Waals surface area contributed by atoms with Crippen molar-refractivity contribution in [3.8, 4) is 68.5 Å². The van der Waals surface area contributed by atoms with Gasteiger partial charge in [0.2, 0.25) is 17.5 Å². The van der Waals surface area contributed by atoms with Gasteiger partial charge in [0.05, 0.1) is 0 Å². The fourth-order valence-electron chi connectivity index (χ4n) is 5.96.